The second kappa shape index (κ2) is 5.18. The van der Waals surface area contributed by atoms with Crippen LogP contribution in [-0.4, -0.2) is 37.9 Å². The number of rotatable bonds is 2. The van der Waals surface area contributed by atoms with E-state index in [0.717, 1.165) is 17.8 Å². The van der Waals surface area contributed by atoms with Gasteiger partial charge in [0.25, 0.3) is 0 Å². The first-order valence-corrected chi connectivity index (χ1v) is 7.75. The van der Waals surface area contributed by atoms with E-state index in [1.165, 1.54) is 11.0 Å². The van der Waals surface area contributed by atoms with Gasteiger partial charge in [0.15, 0.2) is 0 Å². The highest BCUT2D eigenvalue weighted by Crippen LogP contribution is 2.58. The maximum absolute atomic E-state index is 9.75. The second-order valence-electron chi connectivity index (χ2n) is 7.64. The molecule has 4 saturated carbocycles. The van der Waals surface area contributed by atoms with Crippen molar-refractivity contribution in [3.8, 4) is 0 Å². The number of halogens is 4. The minimum absolute atomic E-state index is 0.684. The van der Waals surface area contributed by atoms with Crippen LogP contribution in [0.15, 0.2) is 0 Å². The molecular weight excluding hydrogens is 269 g/mol. The van der Waals surface area contributed by atoms with Gasteiger partial charge in [-0.25, -0.2) is 0 Å². The highest BCUT2D eigenvalue weighted by atomic mass is 19.5. The van der Waals surface area contributed by atoms with Gasteiger partial charge in [-0.05, 0) is 43.9 Å². The number of hydrogen-bond donors (Lipinski definition) is 0. The molecule has 0 amide bonds. The molecule has 20 heavy (non-hydrogen) atoms. The number of quaternary nitrogens is 1. The first kappa shape index (κ1) is 16.1. The molecular formula is C14H26BF4N. The second-order valence-corrected chi connectivity index (χ2v) is 7.64. The quantitative estimate of drug-likeness (QED) is 0.403. The summed E-state index contributed by atoms with van der Waals surface area (Å²) in [4.78, 5) is 0. The summed E-state index contributed by atoms with van der Waals surface area (Å²) in [7, 11) is -1.04. The largest absolute Gasteiger partial charge is 0.673 e. The van der Waals surface area contributed by atoms with Crippen LogP contribution >= 0.6 is 0 Å². The van der Waals surface area contributed by atoms with Crippen LogP contribution in [-0.2, 0) is 0 Å². The molecule has 4 aliphatic rings. The van der Waals surface area contributed by atoms with E-state index in [9.17, 15) is 17.3 Å². The van der Waals surface area contributed by atoms with Gasteiger partial charge in [0.1, 0.15) is 0 Å². The lowest BCUT2D eigenvalue weighted by molar-refractivity contribution is -0.946. The van der Waals surface area contributed by atoms with Gasteiger partial charge < -0.3 is 21.7 Å². The number of nitrogens with zero attached hydrogens (tertiary/aromatic N) is 1. The molecule has 6 heteroatoms. The van der Waals surface area contributed by atoms with Crippen LogP contribution in [0.4, 0.5) is 17.3 Å². The Hall–Kier alpha value is -0.255. The molecule has 0 aromatic carbocycles. The fraction of sp³-hybridized carbons (Fsp3) is 1.00. The topological polar surface area (TPSA) is 0 Å². The molecule has 1 nitrogen and oxygen atoms in total. The van der Waals surface area contributed by atoms with Crippen LogP contribution in [0.25, 0.3) is 0 Å². The van der Waals surface area contributed by atoms with E-state index in [0.29, 0.717) is 5.54 Å². The van der Waals surface area contributed by atoms with Gasteiger partial charge in [0.2, 0.25) is 0 Å². The van der Waals surface area contributed by atoms with Crippen LogP contribution in [0.2, 0.25) is 0 Å². The maximum atomic E-state index is 9.75. The molecule has 118 valence electrons. The predicted octanol–water partition coefficient (Wildman–Crippen LogP) is 4.35. The lowest BCUT2D eigenvalue weighted by atomic mass is 9.52. The van der Waals surface area contributed by atoms with Crippen LogP contribution in [0.1, 0.15) is 45.4 Å². The van der Waals surface area contributed by atoms with Crippen LogP contribution in [0, 0.1) is 17.8 Å². The lowest BCUT2D eigenvalue weighted by Crippen LogP contribution is -2.66. The molecule has 0 aromatic rings. The summed E-state index contributed by atoms with van der Waals surface area (Å²) < 4.78 is 40.3. The van der Waals surface area contributed by atoms with Crippen LogP contribution in [0.5, 0.6) is 0 Å². The maximum Gasteiger partial charge on any atom is 0.673 e. The Balaban J connectivity index is 0.000000257. The Labute approximate surface area is 119 Å². The van der Waals surface area contributed by atoms with Crippen molar-refractivity contribution >= 4 is 7.25 Å². The molecule has 0 aromatic heterocycles. The van der Waals surface area contributed by atoms with Crippen molar-refractivity contribution in [3.63, 3.8) is 0 Å². The third-order valence-corrected chi connectivity index (χ3v) is 6.08. The summed E-state index contributed by atoms with van der Waals surface area (Å²) in [6.07, 6.45) is 9.34. The Morgan fingerprint density at radius 3 is 1.45 bits per heavy atom. The van der Waals surface area contributed by atoms with Gasteiger partial charge in [-0.15, -0.1) is 0 Å². The van der Waals surface area contributed by atoms with Gasteiger partial charge in [0, 0.05) is 19.3 Å². The van der Waals surface area contributed by atoms with Gasteiger partial charge >= 0.3 is 7.25 Å². The molecule has 0 N–H and O–H groups in total. The van der Waals surface area contributed by atoms with E-state index in [1.807, 2.05) is 0 Å². The molecule has 0 saturated heterocycles. The van der Waals surface area contributed by atoms with Crippen molar-refractivity contribution in [3.05, 3.63) is 0 Å². The summed E-state index contributed by atoms with van der Waals surface area (Å²) in [5, 5.41) is 0. The molecule has 4 fully saturated rings. The third kappa shape index (κ3) is 3.31. The van der Waals surface area contributed by atoms with Gasteiger partial charge in [0.05, 0.1) is 26.2 Å². The minimum atomic E-state index is -6.00. The summed E-state index contributed by atoms with van der Waals surface area (Å²) >= 11 is 0. The standard InChI is InChI=1S/C14H26N.BF4/c1-4-15(2,3)14-8-11-5-12(9-14)7-13(6-11)10-14;2-1(3,4)5/h11-13H,4-10H2,1-3H3;/q+1;-1. The molecule has 0 heterocycles. The molecule has 4 rings (SSSR count). The smallest absolute Gasteiger partial charge is 0.418 e. The first-order chi connectivity index (χ1) is 9.05. The van der Waals surface area contributed by atoms with Gasteiger partial charge in [-0.3, -0.25) is 0 Å². The summed E-state index contributed by atoms with van der Waals surface area (Å²) in [6.45, 7) is 3.69. The Kier molecular flexibility index (Phi) is 4.18. The molecule has 4 bridgehead atoms. The van der Waals surface area contributed by atoms with Crippen molar-refractivity contribution in [1.29, 1.82) is 0 Å². The van der Waals surface area contributed by atoms with Crippen LogP contribution in [0.3, 0.4) is 0 Å². The van der Waals surface area contributed by atoms with Crippen molar-refractivity contribution in [2.45, 2.75) is 51.0 Å². The monoisotopic (exact) mass is 295 g/mol. The molecule has 0 spiro atoms. The van der Waals surface area contributed by atoms with E-state index in [2.05, 4.69) is 21.0 Å². The van der Waals surface area contributed by atoms with Crippen molar-refractivity contribution in [2.24, 2.45) is 17.8 Å². The molecule has 0 atom stereocenters. The zero-order chi connectivity index (χ0) is 15.2. The minimum Gasteiger partial charge on any atom is -0.418 e. The average molecular weight is 295 g/mol. The molecule has 0 aliphatic heterocycles. The molecule has 4 aliphatic carbocycles. The first-order valence-electron chi connectivity index (χ1n) is 7.75. The fourth-order valence-corrected chi connectivity index (χ4v) is 5.14. The SMILES string of the molecule is CC[N+](C)(C)C12CC3CC(CC(C3)C1)C2.F[B-](F)(F)F. The molecule has 0 radical (unpaired) electrons. The van der Waals surface area contributed by atoms with E-state index in [-0.39, 0.29) is 0 Å². The van der Waals surface area contributed by atoms with Gasteiger partial charge in [-0.2, -0.15) is 0 Å². The zero-order valence-corrected chi connectivity index (χ0v) is 12.7. The van der Waals surface area contributed by atoms with E-state index in [4.69, 9.17) is 0 Å². The zero-order valence-electron chi connectivity index (χ0n) is 12.7. The highest BCUT2D eigenvalue weighted by Gasteiger charge is 2.57. The molecule has 0 unspecified atom stereocenters. The van der Waals surface area contributed by atoms with Gasteiger partial charge in [-0.1, -0.05) is 0 Å². The van der Waals surface area contributed by atoms with Crippen molar-refractivity contribution in [2.75, 3.05) is 20.6 Å². The Bertz CT molecular complexity index is 312. The Morgan fingerprint density at radius 2 is 1.20 bits per heavy atom. The van der Waals surface area contributed by atoms with E-state index < -0.39 is 7.25 Å². The average Bonchev–Trinajstić information content (AvgIpc) is 2.24. The summed E-state index contributed by atoms with van der Waals surface area (Å²) in [5.41, 5.74) is 0.684. The normalized spacial score (nSPS) is 39.5. The van der Waals surface area contributed by atoms with E-state index >= 15 is 0 Å². The summed E-state index contributed by atoms with van der Waals surface area (Å²) in [5.74, 6) is 3.29. The van der Waals surface area contributed by atoms with Crippen molar-refractivity contribution in [1.82, 2.24) is 0 Å². The third-order valence-electron chi connectivity index (χ3n) is 6.08. The summed E-state index contributed by atoms with van der Waals surface area (Å²) in [6, 6.07) is 0. The highest BCUT2D eigenvalue weighted by molar-refractivity contribution is 6.50. The van der Waals surface area contributed by atoms with Crippen molar-refractivity contribution < 1.29 is 21.7 Å². The van der Waals surface area contributed by atoms with E-state index in [1.54, 1.807) is 38.5 Å². The Morgan fingerprint density at radius 1 is 0.900 bits per heavy atom. The number of hydrogen-bond acceptors (Lipinski definition) is 0. The lowest BCUT2D eigenvalue weighted by Gasteiger charge is -2.62. The van der Waals surface area contributed by atoms with Crippen LogP contribution < -0.4 is 0 Å². The fourth-order valence-electron chi connectivity index (χ4n) is 5.14. The predicted molar refractivity (Wildman–Crippen MR) is 73.7 cm³/mol.